The maximum absolute atomic E-state index is 13.8. The number of carboxylic acid groups (broad SMARTS) is 4. The van der Waals surface area contributed by atoms with Crippen molar-refractivity contribution in [3.8, 4) is 0 Å². The highest BCUT2D eigenvalue weighted by Gasteiger charge is 2.37. The highest BCUT2D eigenvalue weighted by molar-refractivity contribution is 6.00. The number of carboxylic acids is 4. The minimum absolute atomic E-state index is 0.0832. The standard InChI is InChI=1S/C37H62N10O16/c1-6-17(4)29(47-31(56)19(9-7-8-10-38)41-34(59)22(13-26(49)50)42-30(55)18(5)39)36(61)45-23(14-27(51)52)35(60)44-21(12-25(40)48)33(58)43-20(11-16(2)3)32(57)46-24(37(62)63)15-28(53)54/h16-24,29H,6-15,38-39H2,1-5H3,(H2,40,48)(H,41,59)(H,42,55)(H,43,58)(H,44,60)(H,45,61)(H,46,57)(H,47,56)(H,49,50)(H,51,52)(H,53,54)(H,62,63)/t17-,18-,19-,20-,21-,22-,23-,24-,29-/m0/s1. The minimum atomic E-state index is -1.99. The van der Waals surface area contributed by atoms with Crippen LogP contribution in [-0.2, 0) is 57.5 Å². The maximum atomic E-state index is 13.8. The molecule has 26 heteroatoms. The lowest BCUT2D eigenvalue weighted by atomic mass is 9.96. The van der Waals surface area contributed by atoms with Crippen LogP contribution in [0.2, 0.25) is 0 Å². The summed E-state index contributed by atoms with van der Waals surface area (Å²) in [5.74, 6) is -16.3. The summed E-state index contributed by atoms with van der Waals surface area (Å²) in [5.41, 5.74) is 16.4. The van der Waals surface area contributed by atoms with Crippen molar-refractivity contribution in [1.82, 2.24) is 37.2 Å². The van der Waals surface area contributed by atoms with Gasteiger partial charge in [-0.2, -0.15) is 0 Å². The molecule has 0 fully saturated rings. The largest absolute Gasteiger partial charge is 0.481 e. The zero-order valence-electron chi connectivity index (χ0n) is 35.8. The molecular weight excluding hydrogens is 840 g/mol. The predicted octanol–water partition coefficient (Wildman–Crippen LogP) is -4.67. The molecular formula is C37H62N10O16. The molecule has 0 aromatic rings. The summed E-state index contributed by atoms with van der Waals surface area (Å²) in [6.07, 6.45) is -3.34. The first-order chi connectivity index (χ1) is 29.2. The van der Waals surface area contributed by atoms with E-state index in [1.807, 2.05) is 5.32 Å². The SMILES string of the molecule is CC[C@H](C)[C@H](NC(=O)[C@H](CCCCN)NC(=O)[C@H](CC(=O)O)NC(=O)[C@H](C)N)C(=O)N[C@@H](CC(=O)O)C(=O)N[C@@H](CC(N)=O)C(=O)N[C@@H](CC(C)C)C(=O)N[C@@H](CC(=O)O)C(=O)O. The number of hydrogen-bond donors (Lipinski definition) is 14. The molecule has 0 unspecified atom stereocenters. The number of carbonyl (C=O) groups excluding carboxylic acids is 8. The Morgan fingerprint density at radius 2 is 0.873 bits per heavy atom. The Balaban J connectivity index is 6.59. The van der Waals surface area contributed by atoms with E-state index in [1.54, 1.807) is 20.8 Å². The van der Waals surface area contributed by atoms with Gasteiger partial charge in [0.15, 0.2) is 0 Å². The summed E-state index contributed by atoms with van der Waals surface area (Å²) < 4.78 is 0. The van der Waals surface area contributed by atoms with E-state index in [2.05, 4.69) is 31.9 Å². The number of unbranched alkanes of at least 4 members (excludes halogenated alkanes) is 1. The van der Waals surface area contributed by atoms with E-state index in [0.29, 0.717) is 6.42 Å². The number of nitrogens with one attached hydrogen (secondary N) is 7. The van der Waals surface area contributed by atoms with Crippen LogP contribution >= 0.6 is 0 Å². The van der Waals surface area contributed by atoms with Gasteiger partial charge >= 0.3 is 23.9 Å². The van der Waals surface area contributed by atoms with E-state index in [9.17, 15) is 72.9 Å². The number of hydrogen-bond acceptors (Lipinski definition) is 14. The molecule has 0 bridgehead atoms. The third-order valence-electron chi connectivity index (χ3n) is 9.18. The van der Waals surface area contributed by atoms with Crippen molar-refractivity contribution in [3.05, 3.63) is 0 Å². The molecule has 0 radical (unpaired) electrons. The summed E-state index contributed by atoms with van der Waals surface area (Å²) in [5, 5.41) is 53.0. The fourth-order valence-electron chi connectivity index (χ4n) is 5.63. The zero-order chi connectivity index (χ0) is 48.7. The number of carbonyl (C=O) groups is 12. The van der Waals surface area contributed by atoms with Gasteiger partial charge in [0.2, 0.25) is 47.3 Å². The fourth-order valence-corrected chi connectivity index (χ4v) is 5.63. The van der Waals surface area contributed by atoms with Gasteiger partial charge in [-0.3, -0.25) is 52.7 Å². The van der Waals surface area contributed by atoms with Gasteiger partial charge in [0.25, 0.3) is 0 Å². The molecule has 9 atom stereocenters. The van der Waals surface area contributed by atoms with Crippen molar-refractivity contribution in [1.29, 1.82) is 0 Å². The third-order valence-corrected chi connectivity index (χ3v) is 9.18. The molecule has 0 aliphatic heterocycles. The Morgan fingerprint density at radius 3 is 1.29 bits per heavy atom. The molecule has 0 aromatic carbocycles. The average molecular weight is 903 g/mol. The van der Waals surface area contributed by atoms with Crippen LogP contribution in [0.1, 0.15) is 92.4 Å². The number of aliphatic carboxylic acids is 4. The zero-order valence-corrected chi connectivity index (χ0v) is 35.8. The molecule has 26 nitrogen and oxygen atoms in total. The Morgan fingerprint density at radius 1 is 0.492 bits per heavy atom. The van der Waals surface area contributed by atoms with E-state index < -0.39 is 151 Å². The topological polar surface area (TPSA) is 448 Å². The van der Waals surface area contributed by atoms with Crippen LogP contribution in [0.3, 0.4) is 0 Å². The van der Waals surface area contributed by atoms with Crippen LogP contribution < -0.4 is 54.4 Å². The van der Waals surface area contributed by atoms with E-state index in [4.69, 9.17) is 22.3 Å². The van der Waals surface area contributed by atoms with Gasteiger partial charge in [-0.05, 0) is 51.0 Å². The Bertz CT molecular complexity index is 1680. The molecule has 17 N–H and O–H groups in total. The second kappa shape index (κ2) is 28.2. The molecule has 0 spiro atoms. The summed E-state index contributed by atoms with van der Waals surface area (Å²) in [4.78, 5) is 151. The van der Waals surface area contributed by atoms with E-state index in [0.717, 1.165) is 0 Å². The summed E-state index contributed by atoms with van der Waals surface area (Å²) in [6, 6.07) is -13.1. The molecule has 0 aliphatic carbocycles. The van der Waals surface area contributed by atoms with Crippen LogP contribution in [0.5, 0.6) is 0 Å². The van der Waals surface area contributed by atoms with Crippen molar-refractivity contribution in [3.63, 3.8) is 0 Å². The first kappa shape index (κ1) is 56.6. The van der Waals surface area contributed by atoms with Crippen LogP contribution in [-0.4, -0.2) is 146 Å². The second-order valence-electron chi connectivity index (χ2n) is 15.2. The molecule has 0 saturated carbocycles. The smallest absolute Gasteiger partial charge is 0.326 e. The molecule has 0 aromatic heterocycles. The van der Waals surface area contributed by atoms with Crippen molar-refractivity contribution < 1.29 is 78.0 Å². The van der Waals surface area contributed by atoms with Gasteiger partial charge in [-0.25, -0.2) is 4.79 Å². The van der Waals surface area contributed by atoms with Crippen molar-refractivity contribution in [2.75, 3.05) is 6.54 Å². The van der Waals surface area contributed by atoms with Crippen molar-refractivity contribution >= 4 is 71.1 Å². The average Bonchev–Trinajstić information content (AvgIpc) is 3.16. The van der Waals surface area contributed by atoms with E-state index in [-0.39, 0.29) is 38.1 Å². The monoisotopic (exact) mass is 902 g/mol. The van der Waals surface area contributed by atoms with Gasteiger partial charge in [-0.15, -0.1) is 0 Å². The summed E-state index contributed by atoms with van der Waals surface area (Å²) in [6.45, 7) is 7.87. The van der Waals surface area contributed by atoms with Gasteiger partial charge < -0.3 is 74.8 Å². The second-order valence-corrected chi connectivity index (χ2v) is 15.2. The maximum Gasteiger partial charge on any atom is 0.326 e. The van der Waals surface area contributed by atoms with Gasteiger partial charge in [0.1, 0.15) is 42.3 Å². The number of amides is 8. The highest BCUT2D eigenvalue weighted by atomic mass is 16.4. The van der Waals surface area contributed by atoms with Crippen LogP contribution in [0.15, 0.2) is 0 Å². The molecule has 0 rings (SSSR count). The Labute approximate surface area is 362 Å². The molecule has 8 amide bonds. The van der Waals surface area contributed by atoms with Crippen LogP contribution in [0.4, 0.5) is 0 Å². The predicted molar refractivity (Wildman–Crippen MR) is 217 cm³/mol. The summed E-state index contributed by atoms with van der Waals surface area (Å²) >= 11 is 0. The van der Waals surface area contributed by atoms with Crippen LogP contribution in [0, 0.1) is 11.8 Å². The molecule has 63 heavy (non-hydrogen) atoms. The lowest BCUT2D eigenvalue weighted by molar-refractivity contribution is -0.147. The van der Waals surface area contributed by atoms with Gasteiger partial charge in [0.05, 0.1) is 31.7 Å². The molecule has 0 aliphatic rings. The van der Waals surface area contributed by atoms with Gasteiger partial charge in [0, 0.05) is 0 Å². The number of primary amides is 1. The van der Waals surface area contributed by atoms with Gasteiger partial charge in [-0.1, -0.05) is 34.1 Å². The van der Waals surface area contributed by atoms with Crippen molar-refractivity contribution in [2.45, 2.75) is 141 Å². The quantitative estimate of drug-likeness (QED) is 0.0291. The van der Waals surface area contributed by atoms with E-state index in [1.165, 1.54) is 13.8 Å². The minimum Gasteiger partial charge on any atom is -0.481 e. The normalized spacial score (nSPS) is 15.2. The summed E-state index contributed by atoms with van der Waals surface area (Å²) in [7, 11) is 0. The molecule has 0 heterocycles. The molecule has 356 valence electrons. The Hall–Kier alpha value is -6.44. The lowest BCUT2D eigenvalue weighted by Crippen LogP contribution is -2.61. The van der Waals surface area contributed by atoms with Crippen molar-refractivity contribution in [2.24, 2.45) is 29.0 Å². The van der Waals surface area contributed by atoms with E-state index >= 15 is 0 Å². The third kappa shape index (κ3) is 22.3. The van der Waals surface area contributed by atoms with Crippen LogP contribution in [0.25, 0.3) is 0 Å². The lowest BCUT2D eigenvalue weighted by Gasteiger charge is -2.29. The number of nitrogens with two attached hydrogens (primary N) is 3. The number of rotatable bonds is 31. The first-order valence-electron chi connectivity index (χ1n) is 20.0. The first-order valence-corrected chi connectivity index (χ1v) is 20.0. The Kier molecular flexibility index (Phi) is 25.3. The highest BCUT2D eigenvalue weighted by Crippen LogP contribution is 2.12. The fraction of sp³-hybridized carbons (Fsp3) is 0.676. The molecule has 0 saturated heterocycles.